The average molecular weight is 299 g/mol. The third-order valence-corrected chi connectivity index (χ3v) is 4.38. The van der Waals surface area contributed by atoms with E-state index in [1.165, 1.54) is 20.2 Å². The first-order chi connectivity index (χ1) is 9.43. The van der Waals surface area contributed by atoms with E-state index in [4.69, 9.17) is 9.15 Å². The second-order valence-electron chi connectivity index (χ2n) is 4.33. The molecule has 2 rings (SSSR count). The first-order valence-corrected chi connectivity index (χ1v) is 7.54. The molecule has 0 spiro atoms. The predicted molar refractivity (Wildman–Crippen MR) is 71.8 cm³/mol. The third kappa shape index (κ3) is 3.02. The molecule has 0 radical (unpaired) electrons. The smallest absolute Gasteiger partial charge is 0.275 e. The summed E-state index contributed by atoms with van der Waals surface area (Å²) in [5.74, 6) is 1.05. The summed E-state index contributed by atoms with van der Waals surface area (Å²) in [5, 5.41) is 3.98. The fourth-order valence-electron chi connectivity index (χ4n) is 1.50. The number of ether oxygens (including phenoxy) is 1. The molecule has 0 unspecified atom stereocenters. The van der Waals surface area contributed by atoms with Crippen LogP contribution in [0.3, 0.4) is 0 Å². The lowest BCUT2D eigenvalue weighted by atomic mass is 10.5. The van der Waals surface area contributed by atoms with E-state index < -0.39 is 10.0 Å². The van der Waals surface area contributed by atoms with E-state index in [1.54, 1.807) is 23.1 Å². The van der Waals surface area contributed by atoms with Crippen LogP contribution in [0.5, 0.6) is 5.75 Å². The Labute approximate surface area is 117 Å². The van der Waals surface area contributed by atoms with Gasteiger partial charge in [-0.1, -0.05) is 0 Å². The highest BCUT2D eigenvalue weighted by Crippen LogP contribution is 2.18. The zero-order chi connectivity index (χ0) is 14.8. The van der Waals surface area contributed by atoms with Gasteiger partial charge in [-0.25, -0.2) is 12.7 Å². The molecular formula is C12H17N3O4S. The van der Waals surface area contributed by atoms with E-state index in [1.807, 2.05) is 6.92 Å². The van der Waals surface area contributed by atoms with Crippen molar-refractivity contribution in [3.63, 3.8) is 0 Å². The van der Waals surface area contributed by atoms with Crippen molar-refractivity contribution in [2.75, 3.05) is 14.1 Å². The van der Waals surface area contributed by atoms with Crippen molar-refractivity contribution >= 4 is 10.0 Å². The predicted octanol–water partition coefficient (Wildman–Crippen LogP) is 1.33. The summed E-state index contributed by atoms with van der Waals surface area (Å²) in [4.78, 5) is 0. The van der Waals surface area contributed by atoms with Crippen LogP contribution in [-0.4, -0.2) is 36.6 Å². The van der Waals surface area contributed by atoms with Gasteiger partial charge in [-0.05, 0) is 19.1 Å². The van der Waals surface area contributed by atoms with Gasteiger partial charge in [0.25, 0.3) is 10.0 Å². The Morgan fingerprint density at radius 2 is 2.15 bits per heavy atom. The van der Waals surface area contributed by atoms with E-state index in [0.29, 0.717) is 11.5 Å². The Morgan fingerprint density at radius 3 is 2.75 bits per heavy atom. The molecule has 0 aromatic carbocycles. The van der Waals surface area contributed by atoms with Gasteiger partial charge < -0.3 is 9.15 Å². The molecule has 0 aliphatic heterocycles. The topological polar surface area (TPSA) is 77.6 Å². The molecule has 0 bridgehead atoms. The van der Waals surface area contributed by atoms with Crippen molar-refractivity contribution in [2.45, 2.75) is 25.2 Å². The second-order valence-corrected chi connectivity index (χ2v) is 6.41. The van der Waals surface area contributed by atoms with Crippen molar-refractivity contribution in [3.8, 4) is 5.75 Å². The average Bonchev–Trinajstić information content (AvgIpc) is 3.05. The minimum absolute atomic E-state index is 0.0923. The maximum Gasteiger partial charge on any atom is 0.275 e. The zero-order valence-corrected chi connectivity index (χ0v) is 12.4. The summed E-state index contributed by atoms with van der Waals surface area (Å²) < 4.78 is 37.3. The molecule has 20 heavy (non-hydrogen) atoms. The molecule has 2 aromatic rings. The summed E-state index contributed by atoms with van der Waals surface area (Å²) in [5.41, 5.74) is 0. The number of hydrogen-bond donors (Lipinski definition) is 0. The van der Waals surface area contributed by atoms with E-state index in [2.05, 4.69) is 5.10 Å². The number of aryl methyl sites for hydroxylation is 1. The molecule has 0 aliphatic rings. The molecule has 0 amide bonds. The summed E-state index contributed by atoms with van der Waals surface area (Å²) in [6.45, 7) is 2.88. The van der Waals surface area contributed by atoms with Gasteiger partial charge in [0.05, 0.1) is 12.4 Å². The van der Waals surface area contributed by atoms with E-state index in [-0.39, 0.29) is 11.7 Å². The monoisotopic (exact) mass is 299 g/mol. The highest BCUT2D eigenvalue weighted by atomic mass is 32.2. The Bertz CT molecular complexity index is 672. The van der Waals surface area contributed by atoms with E-state index >= 15 is 0 Å². The van der Waals surface area contributed by atoms with Crippen LogP contribution in [0.25, 0.3) is 0 Å². The molecule has 2 aromatic heterocycles. The Hall–Kier alpha value is -1.80. The maximum atomic E-state index is 11.8. The summed E-state index contributed by atoms with van der Waals surface area (Å²) in [6, 6.07) is 3.00. The van der Waals surface area contributed by atoms with Crippen LogP contribution in [0.4, 0.5) is 0 Å². The molecule has 0 aliphatic carbocycles. The number of furan rings is 1. The second kappa shape index (κ2) is 5.68. The van der Waals surface area contributed by atoms with Crippen LogP contribution in [0, 0.1) is 0 Å². The number of hydrogen-bond acceptors (Lipinski definition) is 5. The Balaban J connectivity index is 2.03. The Morgan fingerprint density at radius 1 is 1.40 bits per heavy atom. The third-order valence-electron chi connectivity index (χ3n) is 2.69. The highest BCUT2D eigenvalue weighted by molar-refractivity contribution is 7.88. The number of nitrogens with zero attached hydrogens (tertiary/aromatic N) is 3. The molecular weight excluding hydrogens is 282 g/mol. The molecule has 0 fully saturated rings. The van der Waals surface area contributed by atoms with Crippen molar-refractivity contribution in [3.05, 3.63) is 30.3 Å². The van der Waals surface area contributed by atoms with Gasteiger partial charge in [0.1, 0.15) is 12.4 Å². The lowest BCUT2D eigenvalue weighted by Crippen LogP contribution is -2.21. The summed E-state index contributed by atoms with van der Waals surface area (Å²) in [7, 11) is -0.641. The van der Waals surface area contributed by atoms with Gasteiger partial charge >= 0.3 is 0 Å². The van der Waals surface area contributed by atoms with Crippen LogP contribution < -0.4 is 4.74 Å². The van der Waals surface area contributed by atoms with E-state index in [0.717, 1.165) is 10.8 Å². The molecule has 0 saturated carbocycles. The van der Waals surface area contributed by atoms with Gasteiger partial charge in [-0.2, -0.15) is 5.10 Å². The molecule has 0 saturated heterocycles. The molecule has 7 nitrogen and oxygen atoms in total. The van der Waals surface area contributed by atoms with Gasteiger partial charge in [-0.3, -0.25) is 4.68 Å². The lowest BCUT2D eigenvalue weighted by Gasteiger charge is -2.07. The molecule has 0 N–H and O–H groups in total. The van der Waals surface area contributed by atoms with Crippen molar-refractivity contribution in [1.29, 1.82) is 0 Å². The molecule has 8 heteroatoms. The summed E-state index contributed by atoms with van der Waals surface area (Å²) in [6.07, 6.45) is 3.37. The van der Waals surface area contributed by atoms with Crippen LogP contribution in [0.15, 0.2) is 34.0 Å². The number of sulfonamides is 1. The molecule has 110 valence electrons. The van der Waals surface area contributed by atoms with Gasteiger partial charge in [-0.15, -0.1) is 0 Å². The maximum absolute atomic E-state index is 11.8. The standard InChI is InChI=1S/C12H17N3O4S/c1-4-15-8-11(7-13-15)18-9-10-5-6-12(19-10)20(16,17)14(2)3/h5-8H,4,9H2,1-3H3. The normalized spacial score (nSPS) is 12.0. The van der Waals surface area contributed by atoms with Crippen molar-refractivity contribution in [2.24, 2.45) is 0 Å². The Kier molecular flexibility index (Phi) is 4.15. The lowest BCUT2D eigenvalue weighted by molar-refractivity contribution is 0.256. The largest absolute Gasteiger partial charge is 0.482 e. The van der Waals surface area contributed by atoms with Crippen molar-refractivity contribution < 1.29 is 17.6 Å². The van der Waals surface area contributed by atoms with Gasteiger partial charge in [0.2, 0.25) is 5.09 Å². The van der Waals surface area contributed by atoms with E-state index in [9.17, 15) is 8.42 Å². The zero-order valence-electron chi connectivity index (χ0n) is 11.6. The van der Waals surface area contributed by atoms with Crippen molar-refractivity contribution in [1.82, 2.24) is 14.1 Å². The van der Waals surface area contributed by atoms with Crippen LogP contribution in [-0.2, 0) is 23.2 Å². The van der Waals surface area contributed by atoms with Crippen LogP contribution in [0.1, 0.15) is 12.7 Å². The number of aromatic nitrogens is 2. The summed E-state index contributed by atoms with van der Waals surface area (Å²) >= 11 is 0. The van der Waals surface area contributed by atoms with Crippen LogP contribution in [0.2, 0.25) is 0 Å². The number of rotatable bonds is 6. The first-order valence-electron chi connectivity index (χ1n) is 6.10. The fourth-order valence-corrected chi connectivity index (χ4v) is 2.31. The molecule has 0 atom stereocenters. The van der Waals surface area contributed by atoms with Gasteiger partial charge in [0.15, 0.2) is 5.75 Å². The van der Waals surface area contributed by atoms with Gasteiger partial charge in [0, 0.05) is 20.6 Å². The first kappa shape index (κ1) is 14.6. The minimum Gasteiger partial charge on any atom is -0.482 e. The minimum atomic E-state index is -3.54. The quantitative estimate of drug-likeness (QED) is 0.804. The molecule has 2 heterocycles. The van der Waals surface area contributed by atoms with Crippen LogP contribution >= 0.6 is 0 Å². The fraction of sp³-hybridized carbons (Fsp3) is 0.417. The highest BCUT2D eigenvalue weighted by Gasteiger charge is 2.21. The SMILES string of the molecule is CCn1cc(OCc2ccc(S(=O)(=O)N(C)C)o2)cn1.